The van der Waals surface area contributed by atoms with Crippen molar-refractivity contribution in [2.75, 3.05) is 18.0 Å². The molecule has 1 amide bonds. The van der Waals surface area contributed by atoms with E-state index in [4.69, 9.17) is 9.97 Å². The summed E-state index contributed by atoms with van der Waals surface area (Å²) in [5.74, 6) is 0.427. The number of aryl methyl sites for hydroxylation is 2. The Bertz CT molecular complexity index is 1470. The van der Waals surface area contributed by atoms with Crippen molar-refractivity contribution in [1.29, 1.82) is 0 Å². The molecule has 208 valence electrons. The summed E-state index contributed by atoms with van der Waals surface area (Å²) in [5, 5.41) is 0. The minimum absolute atomic E-state index is 0.0426. The molecule has 0 bridgehead atoms. The molecule has 1 aliphatic rings. The molecule has 7 nitrogen and oxygen atoms in total. The van der Waals surface area contributed by atoms with Crippen molar-refractivity contribution in [2.24, 2.45) is 0 Å². The van der Waals surface area contributed by atoms with Crippen LogP contribution >= 0.6 is 0 Å². The van der Waals surface area contributed by atoms with Crippen LogP contribution in [0.3, 0.4) is 0 Å². The first-order chi connectivity index (χ1) is 19.2. The van der Waals surface area contributed by atoms with Crippen LogP contribution in [0.15, 0.2) is 67.4 Å². The number of amides is 1. The normalized spacial score (nSPS) is 13.9. The highest BCUT2D eigenvalue weighted by Crippen LogP contribution is 2.34. The van der Waals surface area contributed by atoms with Gasteiger partial charge in [0, 0.05) is 30.9 Å². The first kappa shape index (κ1) is 27.5. The van der Waals surface area contributed by atoms with Gasteiger partial charge >= 0.3 is 6.03 Å². The van der Waals surface area contributed by atoms with Gasteiger partial charge in [0.05, 0.1) is 30.7 Å². The zero-order valence-corrected chi connectivity index (χ0v) is 23.8. The van der Waals surface area contributed by atoms with E-state index in [1.54, 1.807) is 17.1 Å². The number of nitrogens with zero attached hydrogens (tertiary/aromatic N) is 6. The molecular formula is C32H37FN6O. The maximum absolute atomic E-state index is 13.7. The molecule has 3 aromatic heterocycles. The van der Waals surface area contributed by atoms with Crippen LogP contribution in [0.5, 0.6) is 0 Å². The molecular weight excluding hydrogens is 503 g/mol. The van der Waals surface area contributed by atoms with Gasteiger partial charge in [-0.15, -0.1) is 0 Å². The highest BCUT2D eigenvalue weighted by Gasteiger charge is 2.28. The van der Waals surface area contributed by atoms with Crippen LogP contribution in [0, 0.1) is 19.7 Å². The van der Waals surface area contributed by atoms with Gasteiger partial charge in [0.25, 0.3) is 0 Å². The molecule has 0 aliphatic carbocycles. The van der Waals surface area contributed by atoms with Crippen molar-refractivity contribution in [3.8, 4) is 0 Å². The van der Waals surface area contributed by atoms with Gasteiger partial charge in [0.2, 0.25) is 0 Å². The SMILES string of the molecule is Cc1cnc(CN(Cc2ncccc2C(C)(C)c2ccc(F)cc2)c2cn(C(=O)N3CCCCC3)cn2)c(C)c1. The standard InChI is InChI=1S/C32H37FN6O/c1-23-17-24(2)28(35-18-23)19-38(30-21-39(22-36-30)31(40)37-15-6-5-7-16-37)20-29-27(9-8-14-34-29)32(3,4)25-10-12-26(33)13-11-25/h8-14,17-18,21-22H,5-7,15-16,19-20H2,1-4H3. The summed E-state index contributed by atoms with van der Waals surface area (Å²) in [4.78, 5) is 31.4. The lowest BCUT2D eigenvalue weighted by atomic mass is 9.77. The number of carbonyl (C=O) groups excluding carboxylic acids is 1. The number of carbonyl (C=O) groups is 1. The fraction of sp³-hybridized carbons (Fsp3) is 0.375. The molecule has 0 atom stereocenters. The summed E-state index contributed by atoms with van der Waals surface area (Å²) in [6.45, 7) is 10.9. The molecule has 0 radical (unpaired) electrons. The van der Waals surface area contributed by atoms with Gasteiger partial charge in [-0.25, -0.2) is 14.2 Å². The van der Waals surface area contributed by atoms with E-state index >= 15 is 0 Å². The molecule has 4 aromatic rings. The van der Waals surface area contributed by atoms with Crippen molar-refractivity contribution in [1.82, 2.24) is 24.4 Å². The van der Waals surface area contributed by atoms with E-state index in [1.807, 2.05) is 42.4 Å². The van der Waals surface area contributed by atoms with Crippen molar-refractivity contribution in [3.05, 3.63) is 107 Å². The summed E-state index contributed by atoms with van der Waals surface area (Å²) in [5.41, 5.74) is 5.67. The highest BCUT2D eigenvalue weighted by atomic mass is 19.1. The minimum atomic E-state index is -0.412. The predicted octanol–water partition coefficient (Wildman–Crippen LogP) is 6.42. The summed E-state index contributed by atoms with van der Waals surface area (Å²) in [6, 6.07) is 12.8. The number of halogens is 1. The van der Waals surface area contributed by atoms with Crippen LogP contribution in [0.25, 0.3) is 0 Å². The molecule has 5 rings (SSSR count). The molecule has 0 saturated carbocycles. The Morgan fingerprint density at radius 3 is 2.42 bits per heavy atom. The molecule has 1 aliphatic heterocycles. The maximum Gasteiger partial charge on any atom is 0.329 e. The zero-order valence-electron chi connectivity index (χ0n) is 23.8. The number of benzene rings is 1. The van der Waals surface area contributed by atoms with Crippen LogP contribution < -0.4 is 4.90 Å². The lowest BCUT2D eigenvalue weighted by Crippen LogP contribution is -2.38. The predicted molar refractivity (Wildman–Crippen MR) is 155 cm³/mol. The van der Waals surface area contributed by atoms with E-state index in [2.05, 4.69) is 42.8 Å². The smallest absolute Gasteiger partial charge is 0.329 e. The van der Waals surface area contributed by atoms with E-state index in [0.717, 1.165) is 66.0 Å². The number of hydrogen-bond acceptors (Lipinski definition) is 5. The van der Waals surface area contributed by atoms with E-state index in [-0.39, 0.29) is 11.8 Å². The van der Waals surface area contributed by atoms with Gasteiger partial charge in [-0.3, -0.25) is 14.5 Å². The van der Waals surface area contributed by atoms with Crippen LogP contribution in [0.2, 0.25) is 0 Å². The topological polar surface area (TPSA) is 67.2 Å². The Labute approximate surface area is 235 Å². The van der Waals surface area contributed by atoms with Gasteiger partial charge in [-0.1, -0.05) is 38.1 Å². The Hall–Kier alpha value is -4.07. The Balaban J connectivity index is 1.49. The highest BCUT2D eigenvalue weighted by molar-refractivity contribution is 5.77. The second kappa shape index (κ2) is 11.6. The number of likely N-dealkylation sites (tertiary alicyclic amines) is 1. The Morgan fingerprint density at radius 2 is 1.70 bits per heavy atom. The van der Waals surface area contributed by atoms with Gasteiger partial charge < -0.3 is 9.80 Å². The van der Waals surface area contributed by atoms with Crippen LogP contribution in [0.1, 0.15) is 66.8 Å². The van der Waals surface area contributed by atoms with Gasteiger partial charge in [0.1, 0.15) is 18.0 Å². The van der Waals surface area contributed by atoms with E-state index in [1.165, 1.54) is 12.1 Å². The Kier molecular flexibility index (Phi) is 7.96. The molecule has 8 heteroatoms. The molecule has 0 spiro atoms. The van der Waals surface area contributed by atoms with Crippen LogP contribution in [0.4, 0.5) is 15.0 Å². The third-order valence-corrected chi connectivity index (χ3v) is 7.87. The number of aromatic nitrogens is 4. The largest absolute Gasteiger partial charge is 0.344 e. The molecule has 1 saturated heterocycles. The summed E-state index contributed by atoms with van der Waals surface area (Å²) < 4.78 is 15.3. The number of pyridine rings is 2. The average Bonchev–Trinajstić information content (AvgIpc) is 3.45. The number of imidazole rings is 1. The second-order valence-electron chi connectivity index (χ2n) is 11.2. The van der Waals surface area contributed by atoms with Crippen LogP contribution in [-0.2, 0) is 18.5 Å². The number of hydrogen-bond donors (Lipinski definition) is 0. The Morgan fingerprint density at radius 1 is 0.975 bits per heavy atom. The number of anilines is 1. The van der Waals surface area contributed by atoms with Crippen molar-refractivity contribution >= 4 is 11.8 Å². The molecule has 0 N–H and O–H groups in total. The summed E-state index contributed by atoms with van der Waals surface area (Å²) >= 11 is 0. The van der Waals surface area contributed by atoms with E-state index < -0.39 is 5.41 Å². The monoisotopic (exact) mass is 540 g/mol. The number of rotatable bonds is 7. The summed E-state index contributed by atoms with van der Waals surface area (Å²) in [6.07, 6.45) is 10.3. The van der Waals surface area contributed by atoms with E-state index in [9.17, 15) is 9.18 Å². The molecule has 1 aromatic carbocycles. The minimum Gasteiger partial charge on any atom is -0.344 e. The lowest BCUT2D eigenvalue weighted by molar-refractivity contribution is 0.188. The van der Waals surface area contributed by atoms with Crippen LogP contribution in [-0.4, -0.2) is 43.5 Å². The number of piperidine rings is 1. The fourth-order valence-corrected chi connectivity index (χ4v) is 5.47. The lowest BCUT2D eigenvalue weighted by Gasteiger charge is -2.30. The first-order valence-electron chi connectivity index (χ1n) is 13.9. The third kappa shape index (κ3) is 5.91. The molecule has 0 unspecified atom stereocenters. The van der Waals surface area contributed by atoms with Crippen molar-refractivity contribution in [3.63, 3.8) is 0 Å². The van der Waals surface area contributed by atoms with Crippen molar-refractivity contribution in [2.45, 2.75) is 65.5 Å². The quantitative estimate of drug-likeness (QED) is 0.271. The van der Waals surface area contributed by atoms with Gasteiger partial charge in [-0.2, -0.15) is 0 Å². The van der Waals surface area contributed by atoms with Gasteiger partial charge in [0.15, 0.2) is 0 Å². The molecule has 4 heterocycles. The maximum atomic E-state index is 13.7. The summed E-state index contributed by atoms with van der Waals surface area (Å²) in [7, 11) is 0. The molecule has 40 heavy (non-hydrogen) atoms. The third-order valence-electron chi connectivity index (χ3n) is 7.87. The second-order valence-corrected chi connectivity index (χ2v) is 11.2. The fourth-order valence-electron chi connectivity index (χ4n) is 5.47. The zero-order chi connectivity index (χ0) is 28.3. The first-order valence-corrected chi connectivity index (χ1v) is 13.9. The average molecular weight is 541 g/mol. The molecule has 1 fully saturated rings. The van der Waals surface area contributed by atoms with Gasteiger partial charge in [-0.05, 0) is 73.6 Å². The van der Waals surface area contributed by atoms with E-state index in [0.29, 0.717) is 18.9 Å². The van der Waals surface area contributed by atoms with Crippen molar-refractivity contribution < 1.29 is 9.18 Å².